The van der Waals surface area contributed by atoms with E-state index in [9.17, 15) is 4.79 Å². The highest BCUT2D eigenvalue weighted by atomic mass is 32.1. The molecule has 0 N–H and O–H groups in total. The van der Waals surface area contributed by atoms with Gasteiger partial charge >= 0.3 is 0 Å². The van der Waals surface area contributed by atoms with Gasteiger partial charge in [-0.3, -0.25) is 9.69 Å². The van der Waals surface area contributed by atoms with Crippen molar-refractivity contribution in [1.29, 1.82) is 0 Å². The first-order valence-corrected chi connectivity index (χ1v) is 11.8. The average molecular weight is 465 g/mol. The van der Waals surface area contributed by atoms with E-state index < -0.39 is 0 Å². The second-order valence-electron chi connectivity index (χ2n) is 7.98. The highest BCUT2D eigenvalue weighted by molar-refractivity contribution is 7.13. The van der Waals surface area contributed by atoms with Gasteiger partial charge in [0.25, 0.3) is 5.91 Å². The predicted molar refractivity (Wildman–Crippen MR) is 122 cm³/mol. The third-order valence-electron chi connectivity index (χ3n) is 5.77. The van der Waals surface area contributed by atoms with Crippen LogP contribution in [-0.2, 0) is 6.42 Å². The number of benzene rings is 1. The molecule has 33 heavy (non-hydrogen) atoms. The van der Waals surface area contributed by atoms with Crippen LogP contribution in [0.25, 0.3) is 16.4 Å². The van der Waals surface area contributed by atoms with Crippen molar-refractivity contribution in [3.8, 4) is 16.4 Å². The fraction of sp³-hybridized carbons (Fsp3) is 0.364. The minimum absolute atomic E-state index is 0.0629. The molecule has 10 nitrogen and oxygen atoms in total. The Morgan fingerprint density at radius 3 is 2.79 bits per heavy atom. The van der Waals surface area contributed by atoms with Crippen LogP contribution in [0, 0.1) is 6.92 Å². The Bertz CT molecular complexity index is 1200. The van der Waals surface area contributed by atoms with Crippen molar-refractivity contribution in [2.75, 3.05) is 32.7 Å². The molecule has 1 fully saturated rings. The van der Waals surface area contributed by atoms with Crippen molar-refractivity contribution in [3.63, 3.8) is 0 Å². The molecule has 1 amide bonds. The molecule has 0 spiro atoms. The lowest BCUT2D eigenvalue weighted by Crippen LogP contribution is -2.48. The van der Waals surface area contributed by atoms with Crippen LogP contribution in [-0.4, -0.2) is 78.8 Å². The van der Waals surface area contributed by atoms with E-state index >= 15 is 0 Å². The lowest BCUT2D eigenvalue weighted by atomic mass is 10.1. The summed E-state index contributed by atoms with van der Waals surface area (Å²) < 4.78 is 6.98. The first-order chi connectivity index (χ1) is 16.2. The molecular weight excluding hydrogens is 440 g/mol. The summed E-state index contributed by atoms with van der Waals surface area (Å²) in [6.07, 6.45) is 3.24. The van der Waals surface area contributed by atoms with E-state index in [-0.39, 0.29) is 5.91 Å². The van der Waals surface area contributed by atoms with Crippen LogP contribution < -0.4 is 0 Å². The number of piperazine rings is 1. The average Bonchev–Trinajstić information content (AvgIpc) is 3.62. The Morgan fingerprint density at radius 2 is 2.06 bits per heavy atom. The molecule has 3 aromatic heterocycles. The van der Waals surface area contributed by atoms with Crippen molar-refractivity contribution in [3.05, 3.63) is 59.1 Å². The second-order valence-corrected chi connectivity index (χ2v) is 8.93. The van der Waals surface area contributed by atoms with Crippen molar-refractivity contribution in [1.82, 2.24) is 40.1 Å². The Morgan fingerprint density at radius 1 is 1.18 bits per heavy atom. The molecule has 1 saturated heterocycles. The van der Waals surface area contributed by atoms with Gasteiger partial charge in [-0.05, 0) is 65.5 Å². The van der Waals surface area contributed by atoms with Gasteiger partial charge < -0.3 is 9.42 Å². The standard InChI is InChI=1S/C22H24N8O2S/c1-16-14-17(6-7-18(16)30-15-23-26-27-30)22(31)29-11-9-28(10-12-29)8-2-5-20-24-21(25-32-20)19-4-3-13-33-19/h3-4,6-7,13-15H,2,5,8-12H2,1H3. The fourth-order valence-electron chi connectivity index (χ4n) is 3.99. The largest absolute Gasteiger partial charge is 0.339 e. The van der Waals surface area contributed by atoms with Crippen molar-refractivity contribution < 1.29 is 9.32 Å². The van der Waals surface area contributed by atoms with Crippen molar-refractivity contribution in [2.24, 2.45) is 0 Å². The highest BCUT2D eigenvalue weighted by Gasteiger charge is 2.22. The number of hydrogen-bond donors (Lipinski definition) is 0. The minimum atomic E-state index is 0.0629. The number of thiophene rings is 1. The number of aromatic nitrogens is 6. The maximum Gasteiger partial charge on any atom is 0.253 e. The normalized spacial score (nSPS) is 14.6. The van der Waals surface area contributed by atoms with Crippen LogP contribution in [0.2, 0.25) is 0 Å². The van der Waals surface area contributed by atoms with Gasteiger partial charge in [0.15, 0.2) is 0 Å². The highest BCUT2D eigenvalue weighted by Crippen LogP contribution is 2.21. The third-order valence-corrected chi connectivity index (χ3v) is 6.64. The van der Waals surface area contributed by atoms with Gasteiger partial charge in [0.05, 0.1) is 10.6 Å². The summed E-state index contributed by atoms with van der Waals surface area (Å²) >= 11 is 1.60. The molecule has 0 unspecified atom stereocenters. The Labute approximate surface area is 194 Å². The number of rotatable bonds is 7. The monoisotopic (exact) mass is 464 g/mol. The van der Waals surface area contributed by atoms with Crippen molar-refractivity contribution >= 4 is 17.2 Å². The van der Waals surface area contributed by atoms with Gasteiger partial charge in [-0.2, -0.15) is 4.98 Å². The summed E-state index contributed by atoms with van der Waals surface area (Å²) in [5, 5.41) is 17.3. The van der Waals surface area contributed by atoms with Gasteiger partial charge in [-0.15, -0.1) is 16.4 Å². The molecule has 1 aromatic carbocycles. The molecule has 1 aliphatic rings. The summed E-state index contributed by atoms with van der Waals surface area (Å²) in [6, 6.07) is 9.60. The van der Waals surface area contributed by atoms with Gasteiger partial charge in [0.2, 0.25) is 11.7 Å². The summed E-state index contributed by atoms with van der Waals surface area (Å²) in [5.74, 6) is 1.40. The quantitative estimate of drug-likeness (QED) is 0.411. The molecule has 0 atom stereocenters. The number of tetrazole rings is 1. The van der Waals surface area contributed by atoms with Gasteiger partial charge in [0.1, 0.15) is 6.33 Å². The number of nitrogens with zero attached hydrogens (tertiary/aromatic N) is 8. The molecule has 170 valence electrons. The molecule has 1 aliphatic heterocycles. The molecule has 4 heterocycles. The van der Waals surface area contributed by atoms with Crippen molar-refractivity contribution in [2.45, 2.75) is 19.8 Å². The van der Waals surface area contributed by atoms with E-state index in [1.165, 1.54) is 0 Å². The summed E-state index contributed by atoms with van der Waals surface area (Å²) in [7, 11) is 0. The number of aryl methyl sites for hydroxylation is 2. The molecular formula is C22H24N8O2S. The molecule has 0 bridgehead atoms. The van der Waals surface area contributed by atoms with E-state index in [0.717, 1.165) is 61.7 Å². The molecule has 5 rings (SSSR count). The number of carbonyl (C=O) groups excluding carboxylic acids is 1. The molecule has 0 radical (unpaired) electrons. The number of amides is 1. The fourth-order valence-corrected chi connectivity index (χ4v) is 4.64. The van der Waals surface area contributed by atoms with E-state index in [1.807, 2.05) is 47.5 Å². The first kappa shape index (κ1) is 21.4. The summed E-state index contributed by atoms with van der Waals surface area (Å²) in [4.78, 5) is 22.8. The SMILES string of the molecule is Cc1cc(C(=O)N2CCN(CCCc3nc(-c4cccs4)no3)CC2)ccc1-n1cnnn1. The topological polar surface area (TPSA) is 106 Å². The maximum atomic E-state index is 13.0. The van der Waals surface area contributed by atoms with Crippen LogP contribution >= 0.6 is 11.3 Å². The first-order valence-electron chi connectivity index (χ1n) is 10.9. The predicted octanol–water partition coefficient (Wildman–Crippen LogP) is 2.47. The van der Waals surface area contributed by atoms with Gasteiger partial charge in [0, 0.05) is 38.2 Å². The smallest absolute Gasteiger partial charge is 0.253 e. The van der Waals surface area contributed by atoms with E-state index in [0.29, 0.717) is 17.3 Å². The maximum absolute atomic E-state index is 13.0. The molecule has 11 heteroatoms. The Balaban J connectivity index is 1.09. The Kier molecular flexibility index (Phi) is 6.22. The zero-order chi connectivity index (χ0) is 22.6. The van der Waals surface area contributed by atoms with Gasteiger partial charge in [-0.25, -0.2) is 4.68 Å². The van der Waals surface area contributed by atoms with Crippen LogP contribution in [0.4, 0.5) is 0 Å². The lowest BCUT2D eigenvalue weighted by Gasteiger charge is -2.34. The molecule has 0 saturated carbocycles. The summed E-state index contributed by atoms with van der Waals surface area (Å²) in [5.41, 5.74) is 2.51. The number of carbonyl (C=O) groups is 1. The molecule has 4 aromatic rings. The molecule has 0 aliphatic carbocycles. The Hall–Kier alpha value is -3.44. The zero-order valence-corrected chi connectivity index (χ0v) is 19.1. The van der Waals surface area contributed by atoms with Gasteiger partial charge in [-0.1, -0.05) is 11.2 Å². The number of hydrogen-bond acceptors (Lipinski definition) is 9. The second kappa shape index (κ2) is 9.59. The summed E-state index contributed by atoms with van der Waals surface area (Å²) in [6.45, 7) is 6.05. The van der Waals surface area contributed by atoms with E-state index in [4.69, 9.17) is 4.52 Å². The van der Waals surface area contributed by atoms with Crippen LogP contribution in [0.5, 0.6) is 0 Å². The van der Waals surface area contributed by atoms with E-state index in [1.54, 1.807) is 22.3 Å². The van der Waals surface area contributed by atoms with E-state index in [2.05, 4.69) is 30.6 Å². The third kappa shape index (κ3) is 4.83. The van der Waals surface area contributed by atoms with Crippen LogP contribution in [0.15, 0.2) is 46.6 Å². The van der Waals surface area contributed by atoms with Crippen LogP contribution in [0.3, 0.4) is 0 Å². The zero-order valence-electron chi connectivity index (χ0n) is 18.3. The lowest BCUT2D eigenvalue weighted by molar-refractivity contribution is 0.0635. The minimum Gasteiger partial charge on any atom is -0.339 e. The van der Waals surface area contributed by atoms with Crippen LogP contribution in [0.1, 0.15) is 28.2 Å².